The van der Waals surface area contributed by atoms with E-state index in [-0.39, 0.29) is 0 Å². The third kappa shape index (κ3) is 2.36. The van der Waals surface area contributed by atoms with E-state index in [1.165, 1.54) is 18.6 Å². The highest BCUT2D eigenvalue weighted by atomic mass is 16.5. The van der Waals surface area contributed by atoms with Crippen LogP contribution in [-0.4, -0.2) is 19.2 Å². The molecule has 0 spiro atoms. The zero-order valence-corrected chi connectivity index (χ0v) is 10.2. The van der Waals surface area contributed by atoms with Crippen molar-refractivity contribution in [3.05, 3.63) is 11.8 Å². The molecule has 1 heterocycles. The zero-order valence-electron chi connectivity index (χ0n) is 10.2. The SMILES string of the molecule is CCCNC(C1=CCCO1)C1CC1(C)C. The van der Waals surface area contributed by atoms with Crippen molar-refractivity contribution in [2.24, 2.45) is 11.3 Å². The molecule has 0 radical (unpaired) electrons. The first-order valence-electron chi connectivity index (χ1n) is 6.21. The van der Waals surface area contributed by atoms with Crippen LogP contribution in [0, 0.1) is 11.3 Å². The smallest absolute Gasteiger partial charge is 0.109 e. The third-order valence-electron chi connectivity index (χ3n) is 3.64. The molecule has 1 aliphatic heterocycles. The Morgan fingerprint density at radius 2 is 2.33 bits per heavy atom. The lowest BCUT2D eigenvalue weighted by molar-refractivity contribution is 0.203. The summed E-state index contributed by atoms with van der Waals surface area (Å²) in [5.74, 6) is 1.98. The first-order valence-corrected chi connectivity index (χ1v) is 6.21. The summed E-state index contributed by atoms with van der Waals surface area (Å²) >= 11 is 0. The van der Waals surface area contributed by atoms with Gasteiger partial charge in [-0.1, -0.05) is 20.8 Å². The summed E-state index contributed by atoms with van der Waals surface area (Å²) in [6, 6.07) is 0.474. The van der Waals surface area contributed by atoms with Crippen LogP contribution >= 0.6 is 0 Å². The van der Waals surface area contributed by atoms with Gasteiger partial charge in [-0.05, 0) is 36.8 Å². The second kappa shape index (κ2) is 4.17. The number of nitrogens with one attached hydrogen (secondary N) is 1. The van der Waals surface area contributed by atoms with Gasteiger partial charge in [0, 0.05) is 6.42 Å². The molecule has 0 saturated heterocycles. The number of hydrogen-bond acceptors (Lipinski definition) is 2. The summed E-state index contributed by atoms with van der Waals surface area (Å²) in [6.45, 7) is 8.90. The molecule has 0 aromatic rings. The van der Waals surface area contributed by atoms with Crippen molar-refractivity contribution < 1.29 is 4.74 Å². The molecule has 2 atom stereocenters. The summed E-state index contributed by atoms with van der Waals surface area (Å²) < 4.78 is 5.71. The molecular formula is C13H23NO. The Hall–Kier alpha value is -0.500. The Morgan fingerprint density at radius 1 is 1.60 bits per heavy atom. The molecule has 15 heavy (non-hydrogen) atoms. The molecule has 2 unspecified atom stereocenters. The summed E-state index contributed by atoms with van der Waals surface area (Å²) in [7, 11) is 0. The highest BCUT2D eigenvalue weighted by molar-refractivity contribution is 5.16. The highest BCUT2D eigenvalue weighted by Crippen LogP contribution is 2.55. The molecular weight excluding hydrogens is 186 g/mol. The van der Waals surface area contributed by atoms with Crippen molar-refractivity contribution in [2.75, 3.05) is 13.2 Å². The minimum atomic E-state index is 0.474. The van der Waals surface area contributed by atoms with E-state index in [4.69, 9.17) is 4.74 Å². The van der Waals surface area contributed by atoms with Crippen LogP contribution in [0.5, 0.6) is 0 Å². The normalized spacial score (nSPS) is 29.5. The van der Waals surface area contributed by atoms with Gasteiger partial charge in [-0.2, -0.15) is 0 Å². The van der Waals surface area contributed by atoms with Gasteiger partial charge in [0.15, 0.2) is 0 Å². The Morgan fingerprint density at radius 3 is 2.80 bits per heavy atom. The van der Waals surface area contributed by atoms with E-state index in [2.05, 4.69) is 32.2 Å². The molecule has 2 nitrogen and oxygen atoms in total. The maximum absolute atomic E-state index is 5.71. The minimum Gasteiger partial charge on any atom is -0.496 e. The van der Waals surface area contributed by atoms with Crippen LogP contribution in [-0.2, 0) is 4.74 Å². The fourth-order valence-electron chi connectivity index (χ4n) is 2.47. The molecule has 1 aliphatic carbocycles. The van der Waals surface area contributed by atoms with Gasteiger partial charge in [-0.3, -0.25) is 0 Å². The van der Waals surface area contributed by atoms with Crippen molar-refractivity contribution in [3.63, 3.8) is 0 Å². The number of hydrogen-bond donors (Lipinski definition) is 1. The van der Waals surface area contributed by atoms with Crippen molar-refractivity contribution >= 4 is 0 Å². The molecule has 1 N–H and O–H groups in total. The third-order valence-corrected chi connectivity index (χ3v) is 3.64. The molecule has 0 amide bonds. The standard InChI is InChI=1S/C13H23NO/c1-4-7-14-12(10-9-13(10,2)3)11-6-5-8-15-11/h6,10,12,14H,4-5,7-9H2,1-3H3. The lowest BCUT2D eigenvalue weighted by Crippen LogP contribution is -2.35. The van der Waals surface area contributed by atoms with Gasteiger partial charge < -0.3 is 10.1 Å². The van der Waals surface area contributed by atoms with Crippen LogP contribution in [0.1, 0.15) is 40.0 Å². The predicted octanol–water partition coefficient (Wildman–Crippen LogP) is 2.70. The maximum Gasteiger partial charge on any atom is 0.109 e. The van der Waals surface area contributed by atoms with Crippen molar-refractivity contribution in [1.82, 2.24) is 5.32 Å². The summed E-state index contributed by atoms with van der Waals surface area (Å²) in [4.78, 5) is 0. The second-order valence-corrected chi connectivity index (χ2v) is 5.47. The molecule has 0 aromatic carbocycles. The molecule has 0 bridgehead atoms. The zero-order chi connectivity index (χ0) is 10.9. The van der Waals surface area contributed by atoms with Crippen LogP contribution in [0.3, 0.4) is 0 Å². The topological polar surface area (TPSA) is 21.3 Å². The Labute approximate surface area is 93.1 Å². The first kappa shape index (κ1) is 11.0. The Balaban J connectivity index is 1.97. The quantitative estimate of drug-likeness (QED) is 0.751. The number of ether oxygens (including phenoxy) is 1. The second-order valence-electron chi connectivity index (χ2n) is 5.47. The van der Waals surface area contributed by atoms with Gasteiger partial charge in [0.25, 0.3) is 0 Å². The van der Waals surface area contributed by atoms with Gasteiger partial charge >= 0.3 is 0 Å². The lowest BCUT2D eigenvalue weighted by Gasteiger charge is -2.21. The van der Waals surface area contributed by atoms with Gasteiger partial charge in [-0.25, -0.2) is 0 Å². The fourth-order valence-corrected chi connectivity index (χ4v) is 2.47. The van der Waals surface area contributed by atoms with Crippen molar-refractivity contribution in [3.8, 4) is 0 Å². The summed E-state index contributed by atoms with van der Waals surface area (Å²) in [5, 5.41) is 3.64. The largest absolute Gasteiger partial charge is 0.496 e. The highest BCUT2D eigenvalue weighted by Gasteiger charge is 2.51. The van der Waals surface area contributed by atoms with Crippen molar-refractivity contribution in [1.29, 1.82) is 0 Å². The fraction of sp³-hybridized carbons (Fsp3) is 0.846. The molecule has 2 rings (SSSR count). The van der Waals surface area contributed by atoms with Crippen LogP contribution in [0.15, 0.2) is 11.8 Å². The van der Waals surface area contributed by atoms with Crippen molar-refractivity contribution in [2.45, 2.75) is 46.1 Å². The van der Waals surface area contributed by atoms with Crippen LogP contribution in [0.2, 0.25) is 0 Å². The maximum atomic E-state index is 5.71. The summed E-state index contributed by atoms with van der Waals surface area (Å²) in [5.41, 5.74) is 0.512. The van der Waals surface area contributed by atoms with E-state index in [9.17, 15) is 0 Å². The lowest BCUT2D eigenvalue weighted by atomic mass is 10.0. The van der Waals surface area contributed by atoms with E-state index in [0.29, 0.717) is 11.5 Å². The van der Waals surface area contributed by atoms with Crippen LogP contribution in [0.4, 0.5) is 0 Å². The molecule has 1 saturated carbocycles. The molecule has 1 fully saturated rings. The van der Waals surface area contributed by atoms with Gasteiger partial charge in [0.2, 0.25) is 0 Å². The van der Waals surface area contributed by atoms with E-state index < -0.39 is 0 Å². The van der Waals surface area contributed by atoms with Crippen LogP contribution < -0.4 is 5.32 Å². The van der Waals surface area contributed by atoms with Gasteiger partial charge in [0.1, 0.15) is 5.76 Å². The predicted molar refractivity (Wildman–Crippen MR) is 62.6 cm³/mol. The molecule has 0 aromatic heterocycles. The minimum absolute atomic E-state index is 0.474. The monoisotopic (exact) mass is 209 g/mol. The molecule has 86 valence electrons. The Bertz CT molecular complexity index is 257. The van der Waals surface area contributed by atoms with E-state index in [0.717, 1.165) is 25.5 Å². The van der Waals surface area contributed by atoms with E-state index >= 15 is 0 Å². The van der Waals surface area contributed by atoms with E-state index in [1.807, 2.05) is 0 Å². The van der Waals surface area contributed by atoms with Gasteiger partial charge in [-0.15, -0.1) is 0 Å². The summed E-state index contributed by atoms with van der Waals surface area (Å²) in [6.07, 6.45) is 5.88. The van der Waals surface area contributed by atoms with Crippen LogP contribution in [0.25, 0.3) is 0 Å². The van der Waals surface area contributed by atoms with Gasteiger partial charge in [0.05, 0.1) is 12.6 Å². The number of rotatable bonds is 5. The molecule has 2 heteroatoms. The van der Waals surface area contributed by atoms with E-state index in [1.54, 1.807) is 0 Å². The molecule has 2 aliphatic rings. The average Bonchev–Trinajstić information content (AvgIpc) is 2.68. The average molecular weight is 209 g/mol. The Kier molecular flexibility index (Phi) is 3.06. The first-order chi connectivity index (χ1) is 7.15.